The summed E-state index contributed by atoms with van der Waals surface area (Å²) < 4.78 is 44.1. The molecule has 1 heterocycles. The van der Waals surface area contributed by atoms with Gasteiger partial charge in [0.25, 0.3) is 0 Å². The molecule has 9 heteroatoms. The number of piperazine rings is 1. The standard InChI is InChI=1S/C19H29F3N4O2/c1-4-23-18(24-13-15-6-7-16(27)17(12-15)28-5-2)26-10-8-25(9-11-26)14(3)19(20,21)22/h6-7,12,14,27H,4-5,8-11,13H2,1-3H3,(H,23,24). The highest BCUT2D eigenvalue weighted by Crippen LogP contribution is 2.27. The number of nitrogens with one attached hydrogen (secondary N) is 1. The molecule has 0 spiro atoms. The second-order valence-electron chi connectivity index (χ2n) is 6.65. The average molecular weight is 402 g/mol. The lowest BCUT2D eigenvalue weighted by molar-refractivity contribution is -0.181. The van der Waals surface area contributed by atoms with Crippen LogP contribution in [0.5, 0.6) is 11.5 Å². The van der Waals surface area contributed by atoms with E-state index in [4.69, 9.17) is 4.74 Å². The zero-order chi connectivity index (χ0) is 20.7. The molecule has 2 N–H and O–H groups in total. The predicted molar refractivity (Wildman–Crippen MR) is 103 cm³/mol. The first-order valence-electron chi connectivity index (χ1n) is 9.55. The fraction of sp³-hybridized carbons (Fsp3) is 0.632. The van der Waals surface area contributed by atoms with Gasteiger partial charge in [0.15, 0.2) is 17.5 Å². The number of aliphatic imine (C=N–C) groups is 1. The van der Waals surface area contributed by atoms with E-state index in [2.05, 4.69) is 10.3 Å². The minimum absolute atomic E-state index is 0.0800. The number of rotatable bonds is 6. The lowest BCUT2D eigenvalue weighted by Gasteiger charge is -2.39. The van der Waals surface area contributed by atoms with Crippen molar-refractivity contribution in [3.05, 3.63) is 23.8 Å². The van der Waals surface area contributed by atoms with E-state index in [1.807, 2.05) is 18.7 Å². The molecule has 1 fully saturated rings. The first-order chi connectivity index (χ1) is 13.3. The summed E-state index contributed by atoms with van der Waals surface area (Å²) in [7, 11) is 0. The van der Waals surface area contributed by atoms with Crippen molar-refractivity contribution in [1.29, 1.82) is 0 Å². The van der Waals surface area contributed by atoms with Crippen molar-refractivity contribution in [1.82, 2.24) is 15.1 Å². The number of nitrogens with zero attached hydrogens (tertiary/aromatic N) is 3. The number of aromatic hydroxyl groups is 1. The summed E-state index contributed by atoms with van der Waals surface area (Å²) in [6, 6.07) is 3.64. The molecule has 0 aliphatic carbocycles. The summed E-state index contributed by atoms with van der Waals surface area (Å²) in [5.41, 5.74) is 0.876. The highest BCUT2D eigenvalue weighted by molar-refractivity contribution is 5.80. The molecular formula is C19H29F3N4O2. The molecule has 1 aliphatic rings. The normalized spacial score (nSPS) is 17.5. The lowest BCUT2D eigenvalue weighted by Crippen LogP contribution is -2.56. The number of halogens is 3. The maximum Gasteiger partial charge on any atom is 0.403 e. The molecule has 1 aliphatic heterocycles. The summed E-state index contributed by atoms with van der Waals surface area (Å²) in [6.07, 6.45) is -4.21. The Bertz CT molecular complexity index is 659. The summed E-state index contributed by atoms with van der Waals surface area (Å²) in [4.78, 5) is 8.04. The van der Waals surface area contributed by atoms with E-state index in [-0.39, 0.29) is 5.75 Å². The lowest BCUT2D eigenvalue weighted by atomic mass is 10.2. The van der Waals surface area contributed by atoms with Crippen LogP contribution in [-0.4, -0.2) is 72.4 Å². The van der Waals surface area contributed by atoms with E-state index in [0.717, 1.165) is 5.56 Å². The van der Waals surface area contributed by atoms with Crippen LogP contribution in [0, 0.1) is 0 Å². The van der Waals surface area contributed by atoms with Crippen LogP contribution in [0.15, 0.2) is 23.2 Å². The summed E-state index contributed by atoms with van der Waals surface area (Å²) in [5, 5.41) is 13.0. The minimum atomic E-state index is -4.21. The van der Waals surface area contributed by atoms with E-state index in [0.29, 0.717) is 57.6 Å². The third-order valence-electron chi connectivity index (χ3n) is 4.71. The van der Waals surface area contributed by atoms with Crippen LogP contribution in [0.25, 0.3) is 0 Å². The van der Waals surface area contributed by atoms with Gasteiger partial charge in [-0.3, -0.25) is 4.90 Å². The first kappa shape index (κ1) is 22.1. The second-order valence-corrected chi connectivity index (χ2v) is 6.65. The van der Waals surface area contributed by atoms with Gasteiger partial charge in [-0.05, 0) is 38.5 Å². The van der Waals surface area contributed by atoms with Crippen LogP contribution in [0.2, 0.25) is 0 Å². The van der Waals surface area contributed by atoms with Crippen LogP contribution in [-0.2, 0) is 6.54 Å². The quantitative estimate of drug-likeness (QED) is 0.566. The maximum absolute atomic E-state index is 12.9. The topological polar surface area (TPSA) is 60.3 Å². The first-order valence-corrected chi connectivity index (χ1v) is 9.55. The minimum Gasteiger partial charge on any atom is -0.504 e. The average Bonchev–Trinajstić information content (AvgIpc) is 2.66. The summed E-state index contributed by atoms with van der Waals surface area (Å²) in [6.45, 7) is 8.10. The van der Waals surface area contributed by atoms with E-state index in [1.54, 1.807) is 18.2 Å². The molecule has 1 aromatic carbocycles. The number of hydrogen-bond donors (Lipinski definition) is 2. The Morgan fingerprint density at radius 1 is 1.25 bits per heavy atom. The van der Waals surface area contributed by atoms with E-state index < -0.39 is 12.2 Å². The number of guanidine groups is 1. The molecule has 0 saturated carbocycles. The number of benzene rings is 1. The van der Waals surface area contributed by atoms with Gasteiger partial charge in [-0.25, -0.2) is 4.99 Å². The Labute approximate surface area is 164 Å². The van der Waals surface area contributed by atoms with Gasteiger partial charge >= 0.3 is 6.18 Å². The molecule has 0 bridgehead atoms. The molecule has 1 atom stereocenters. The van der Waals surface area contributed by atoms with Crippen LogP contribution in [0.1, 0.15) is 26.3 Å². The van der Waals surface area contributed by atoms with Gasteiger partial charge in [0.2, 0.25) is 0 Å². The van der Waals surface area contributed by atoms with Gasteiger partial charge in [0.05, 0.1) is 13.2 Å². The summed E-state index contributed by atoms with van der Waals surface area (Å²) >= 11 is 0. The van der Waals surface area contributed by atoms with Crippen molar-refractivity contribution in [2.75, 3.05) is 39.3 Å². The molecule has 2 rings (SSSR count). The molecule has 158 valence electrons. The predicted octanol–water partition coefficient (Wildman–Crippen LogP) is 2.82. The fourth-order valence-electron chi connectivity index (χ4n) is 3.05. The highest BCUT2D eigenvalue weighted by Gasteiger charge is 2.41. The third kappa shape index (κ3) is 5.92. The summed E-state index contributed by atoms with van der Waals surface area (Å²) in [5.74, 6) is 1.17. The number of ether oxygens (including phenoxy) is 1. The second kappa shape index (κ2) is 9.86. The van der Waals surface area contributed by atoms with Crippen LogP contribution < -0.4 is 10.1 Å². The van der Waals surface area contributed by atoms with Crippen molar-refractivity contribution < 1.29 is 23.0 Å². The van der Waals surface area contributed by atoms with Crippen molar-refractivity contribution in [3.63, 3.8) is 0 Å². The third-order valence-corrected chi connectivity index (χ3v) is 4.71. The Morgan fingerprint density at radius 3 is 2.50 bits per heavy atom. The molecule has 1 saturated heterocycles. The van der Waals surface area contributed by atoms with Gasteiger partial charge < -0.3 is 20.1 Å². The van der Waals surface area contributed by atoms with Gasteiger partial charge in [-0.2, -0.15) is 13.2 Å². The SMILES string of the molecule is CCNC(=NCc1ccc(O)c(OCC)c1)N1CCN(C(C)C(F)(F)F)CC1. The van der Waals surface area contributed by atoms with Gasteiger partial charge in [0.1, 0.15) is 6.04 Å². The fourth-order valence-corrected chi connectivity index (χ4v) is 3.05. The van der Waals surface area contributed by atoms with Crippen molar-refractivity contribution >= 4 is 5.96 Å². The Hall–Kier alpha value is -2.16. The molecule has 1 unspecified atom stereocenters. The molecule has 1 aromatic rings. The molecule has 6 nitrogen and oxygen atoms in total. The van der Waals surface area contributed by atoms with Crippen molar-refractivity contribution in [3.8, 4) is 11.5 Å². The maximum atomic E-state index is 12.9. The van der Waals surface area contributed by atoms with Crippen LogP contribution in [0.4, 0.5) is 13.2 Å². The Kier molecular flexibility index (Phi) is 7.79. The number of phenolic OH excluding ortho intramolecular Hbond substituents is 1. The molecule has 0 aromatic heterocycles. The molecule has 0 radical (unpaired) electrons. The van der Waals surface area contributed by atoms with Crippen LogP contribution >= 0.6 is 0 Å². The van der Waals surface area contributed by atoms with E-state index >= 15 is 0 Å². The smallest absolute Gasteiger partial charge is 0.403 e. The largest absolute Gasteiger partial charge is 0.504 e. The van der Waals surface area contributed by atoms with E-state index in [9.17, 15) is 18.3 Å². The Morgan fingerprint density at radius 2 is 1.93 bits per heavy atom. The van der Waals surface area contributed by atoms with Gasteiger partial charge in [-0.15, -0.1) is 0 Å². The van der Waals surface area contributed by atoms with Gasteiger partial charge in [0, 0.05) is 32.7 Å². The molecule has 28 heavy (non-hydrogen) atoms. The molecule has 0 amide bonds. The van der Waals surface area contributed by atoms with Crippen LogP contribution in [0.3, 0.4) is 0 Å². The number of hydrogen-bond acceptors (Lipinski definition) is 4. The van der Waals surface area contributed by atoms with Crippen molar-refractivity contribution in [2.45, 2.75) is 39.5 Å². The van der Waals surface area contributed by atoms with Gasteiger partial charge in [-0.1, -0.05) is 6.07 Å². The number of alkyl halides is 3. The zero-order valence-corrected chi connectivity index (χ0v) is 16.6. The zero-order valence-electron chi connectivity index (χ0n) is 16.6. The van der Waals surface area contributed by atoms with Crippen molar-refractivity contribution in [2.24, 2.45) is 4.99 Å². The Balaban J connectivity index is 2.02. The molecular weight excluding hydrogens is 373 g/mol. The van der Waals surface area contributed by atoms with E-state index in [1.165, 1.54) is 11.8 Å². The number of phenols is 1. The monoisotopic (exact) mass is 402 g/mol. The highest BCUT2D eigenvalue weighted by atomic mass is 19.4.